The molecule has 0 saturated carbocycles. The maximum absolute atomic E-state index is 12.5. The predicted molar refractivity (Wildman–Crippen MR) is 70.0 cm³/mol. The van der Waals surface area contributed by atoms with Gasteiger partial charge in [0.25, 0.3) is 5.91 Å². The lowest BCUT2D eigenvalue weighted by Crippen LogP contribution is -2.50. The normalized spacial score (nSPS) is 20.6. The van der Waals surface area contributed by atoms with Gasteiger partial charge in [-0.1, -0.05) is 5.16 Å². The van der Waals surface area contributed by atoms with E-state index < -0.39 is 0 Å². The number of amidine groups is 1. The summed E-state index contributed by atoms with van der Waals surface area (Å²) in [6.07, 6.45) is 2.62. The van der Waals surface area contributed by atoms with E-state index >= 15 is 0 Å². The largest absolute Gasteiger partial charge is 0.409 e. The summed E-state index contributed by atoms with van der Waals surface area (Å²) in [6, 6.07) is 1.42. The van der Waals surface area contributed by atoms with E-state index in [4.69, 9.17) is 10.9 Å². The van der Waals surface area contributed by atoms with Crippen molar-refractivity contribution in [1.82, 2.24) is 14.7 Å². The number of nitrogens with two attached hydrogens (primary N) is 1. The van der Waals surface area contributed by atoms with Crippen LogP contribution in [0.5, 0.6) is 0 Å². The van der Waals surface area contributed by atoms with Gasteiger partial charge in [-0.3, -0.25) is 9.48 Å². The molecule has 1 aromatic rings. The van der Waals surface area contributed by atoms with Crippen molar-refractivity contribution in [2.75, 3.05) is 6.54 Å². The summed E-state index contributed by atoms with van der Waals surface area (Å²) >= 11 is 0. The second-order valence-electron chi connectivity index (χ2n) is 4.83. The molecule has 0 bridgehead atoms. The van der Waals surface area contributed by atoms with E-state index in [9.17, 15) is 4.79 Å². The number of nitrogens with zero attached hydrogens (tertiary/aromatic N) is 4. The molecule has 104 valence electrons. The third-order valence-corrected chi connectivity index (χ3v) is 3.44. The average Bonchev–Trinajstić information content (AvgIpc) is 2.76. The number of hydrogen-bond donors (Lipinski definition) is 2. The lowest BCUT2D eigenvalue weighted by Gasteiger charge is -2.34. The van der Waals surface area contributed by atoms with Crippen LogP contribution in [0.3, 0.4) is 0 Å². The minimum absolute atomic E-state index is 0.0898. The first-order valence-electron chi connectivity index (χ1n) is 6.33. The maximum Gasteiger partial charge on any atom is 0.272 e. The van der Waals surface area contributed by atoms with Crippen molar-refractivity contribution < 1.29 is 10.0 Å². The molecule has 3 N–H and O–H groups in total. The Morgan fingerprint density at radius 1 is 1.58 bits per heavy atom. The molecule has 1 amide bonds. The molecule has 1 aromatic heterocycles. The molecule has 1 fully saturated rings. The van der Waals surface area contributed by atoms with Crippen molar-refractivity contribution in [2.24, 2.45) is 17.9 Å². The first-order valence-corrected chi connectivity index (χ1v) is 6.33. The number of hydrogen-bond acceptors (Lipinski definition) is 4. The highest BCUT2D eigenvalue weighted by molar-refractivity contribution is 5.97. The van der Waals surface area contributed by atoms with Crippen molar-refractivity contribution in [3.63, 3.8) is 0 Å². The van der Waals surface area contributed by atoms with E-state index in [0.29, 0.717) is 12.2 Å². The van der Waals surface area contributed by atoms with Crippen LogP contribution in [0, 0.1) is 6.92 Å². The molecule has 2 heterocycles. The number of carbonyl (C=O) groups is 1. The number of carbonyl (C=O) groups excluding carboxylic acids is 1. The summed E-state index contributed by atoms with van der Waals surface area (Å²) in [4.78, 5) is 14.2. The maximum atomic E-state index is 12.5. The molecule has 1 aliphatic heterocycles. The molecule has 1 unspecified atom stereocenters. The van der Waals surface area contributed by atoms with Gasteiger partial charge in [0.1, 0.15) is 5.69 Å². The van der Waals surface area contributed by atoms with Gasteiger partial charge in [0.05, 0.1) is 11.7 Å². The summed E-state index contributed by atoms with van der Waals surface area (Å²) in [5, 5.41) is 16.0. The minimum atomic E-state index is -0.332. The quantitative estimate of drug-likeness (QED) is 0.351. The highest BCUT2D eigenvalue weighted by Gasteiger charge is 2.31. The Labute approximate surface area is 111 Å². The van der Waals surface area contributed by atoms with Crippen molar-refractivity contribution in [3.8, 4) is 0 Å². The number of rotatable bonds is 2. The van der Waals surface area contributed by atoms with Crippen molar-refractivity contribution in [2.45, 2.75) is 32.2 Å². The second-order valence-corrected chi connectivity index (χ2v) is 4.83. The molecule has 7 heteroatoms. The van der Waals surface area contributed by atoms with E-state index in [2.05, 4.69) is 10.3 Å². The van der Waals surface area contributed by atoms with Crippen LogP contribution in [0.15, 0.2) is 11.2 Å². The zero-order valence-corrected chi connectivity index (χ0v) is 11.2. The standard InChI is InChI=1S/C12H19N5O2/c1-8-7-10(16(2)14-8)12(18)17-6-4-3-5-9(17)11(13)15-19/h7,9,19H,3-6H2,1-2H3,(H2,13,15). The fourth-order valence-corrected chi connectivity index (χ4v) is 2.51. The number of likely N-dealkylation sites (tertiary alicyclic amines) is 1. The Morgan fingerprint density at radius 2 is 2.32 bits per heavy atom. The van der Waals surface area contributed by atoms with Crippen LogP contribution in [0.4, 0.5) is 0 Å². The molecule has 0 aliphatic carbocycles. The second kappa shape index (κ2) is 5.29. The lowest BCUT2D eigenvalue weighted by atomic mass is 10.0. The summed E-state index contributed by atoms with van der Waals surface area (Å²) in [5.41, 5.74) is 7.00. The van der Waals surface area contributed by atoms with E-state index in [-0.39, 0.29) is 17.8 Å². The Kier molecular flexibility index (Phi) is 3.73. The first kappa shape index (κ1) is 13.4. The Hall–Kier alpha value is -2.05. The molecule has 0 aromatic carbocycles. The van der Waals surface area contributed by atoms with Crippen LogP contribution in [-0.4, -0.2) is 44.2 Å². The molecule has 7 nitrogen and oxygen atoms in total. The smallest absolute Gasteiger partial charge is 0.272 e. The Balaban J connectivity index is 2.27. The summed E-state index contributed by atoms with van der Waals surface area (Å²) in [6.45, 7) is 2.46. The van der Waals surface area contributed by atoms with Gasteiger partial charge in [-0.05, 0) is 32.3 Å². The Bertz CT molecular complexity index is 508. The lowest BCUT2D eigenvalue weighted by molar-refractivity contribution is 0.0665. The molecule has 1 saturated heterocycles. The Morgan fingerprint density at radius 3 is 2.89 bits per heavy atom. The molecule has 0 spiro atoms. The summed E-state index contributed by atoms with van der Waals surface area (Å²) < 4.78 is 1.57. The van der Waals surface area contributed by atoms with Gasteiger partial charge >= 0.3 is 0 Å². The van der Waals surface area contributed by atoms with Gasteiger partial charge in [0.15, 0.2) is 5.84 Å². The fourth-order valence-electron chi connectivity index (χ4n) is 2.51. The monoisotopic (exact) mass is 265 g/mol. The number of amides is 1. The summed E-state index contributed by atoms with van der Waals surface area (Å²) in [7, 11) is 1.74. The van der Waals surface area contributed by atoms with Crippen LogP contribution >= 0.6 is 0 Å². The average molecular weight is 265 g/mol. The topological polar surface area (TPSA) is 96.7 Å². The van der Waals surface area contributed by atoms with Crippen LogP contribution < -0.4 is 5.73 Å². The van der Waals surface area contributed by atoms with E-state index in [1.165, 1.54) is 0 Å². The number of piperidine rings is 1. The van der Waals surface area contributed by atoms with Crippen LogP contribution in [0.1, 0.15) is 35.4 Å². The van der Waals surface area contributed by atoms with Gasteiger partial charge < -0.3 is 15.8 Å². The van der Waals surface area contributed by atoms with Gasteiger partial charge in [0, 0.05) is 13.6 Å². The molecule has 1 atom stereocenters. The third-order valence-electron chi connectivity index (χ3n) is 3.44. The zero-order chi connectivity index (χ0) is 14.0. The summed E-state index contributed by atoms with van der Waals surface area (Å²) in [5.74, 6) is -0.0358. The molecule has 19 heavy (non-hydrogen) atoms. The molecule has 0 radical (unpaired) electrons. The van der Waals surface area contributed by atoms with Crippen LogP contribution in [-0.2, 0) is 7.05 Å². The first-order chi connectivity index (χ1) is 9.04. The number of aryl methyl sites for hydroxylation is 2. The van der Waals surface area contributed by atoms with E-state index in [1.54, 1.807) is 22.7 Å². The number of aromatic nitrogens is 2. The van der Waals surface area contributed by atoms with Gasteiger partial charge in [-0.2, -0.15) is 5.10 Å². The molecular weight excluding hydrogens is 246 g/mol. The highest BCUT2D eigenvalue weighted by Crippen LogP contribution is 2.20. The molecular formula is C12H19N5O2. The van der Waals surface area contributed by atoms with Gasteiger partial charge in [-0.15, -0.1) is 0 Å². The van der Waals surface area contributed by atoms with Gasteiger partial charge in [-0.25, -0.2) is 0 Å². The SMILES string of the molecule is Cc1cc(C(=O)N2CCCCC2C(N)=NO)n(C)n1. The number of oxime groups is 1. The molecule has 1 aliphatic rings. The molecule has 2 rings (SSSR count). The highest BCUT2D eigenvalue weighted by atomic mass is 16.4. The van der Waals surface area contributed by atoms with Crippen LogP contribution in [0.2, 0.25) is 0 Å². The predicted octanol–water partition coefficient (Wildman–Crippen LogP) is 0.470. The third kappa shape index (κ3) is 2.54. The van der Waals surface area contributed by atoms with E-state index in [1.807, 2.05) is 6.92 Å². The van der Waals surface area contributed by atoms with Crippen molar-refractivity contribution >= 4 is 11.7 Å². The van der Waals surface area contributed by atoms with Gasteiger partial charge in [0.2, 0.25) is 0 Å². The van der Waals surface area contributed by atoms with Crippen molar-refractivity contribution in [3.05, 3.63) is 17.5 Å². The zero-order valence-electron chi connectivity index (χ0n) is 11.2. The van der Waals surface area contributed by atoms with E-state index in [0.717, 1.165) is 25.0 Å². The minimum Gasteiger partial charge on any atom is -0.409 e. The van der Waals surface area contributed by atoms with Crippen molar-refractivity contribution in [1.29, 1.82) is 0 Å². The van der Waals surface area contributed by atoms with Crippen LogP contribution in [0.25, 0.3) is 0 Å². The fraction of sp³-hybridized carbons (Fsp3) is 0.583.